The Bertz CT molecular complexity index is 364. The molecule has 0 saturated carbocycles. The number of hydrogen-bond acceptors (Lipinski definition) is 4. The molecule has 0 bridgehead atoms. The van der Waals surface area contributed by atoms with Crippen LogP contribution in [0, 0.1) is 0 Å². The second-order valence-corrected chi connectivity index (χ2v) is 3.40. The second kappa shape index (κ2) is 5.31. The minimum atomic E-state index is -0.458. The Labute approximate surface area is 87.7 Å². The molecule has 0 unspecified atom stereocenters. The zero-order valence-electron chi connectivity index (χ0n) is 8.82. The predicted molar refractivity (Wildman–Crippen MR) is 55.9 cm³/mol. The van der Waals surface area contributed by atoms with Crippen LogP contribution in [-0.4, -0.2) is 38.0 Å². The molecular weight excluding hydrogens is 196 g/mol. The van der Waals surface area contributed by atoms with Crippen molar-refractivity contribution in [2.24, 2.45) is 0 Å². The Morgan fingerprint density at radius 2 is 2.20 bits per heavy atom. The van der Waals surface area contributed by atoms with Gasteiger partial charge in [0.15, 0.2) is 0 Å². The third-order valence-electron chi connectivity index (χ3n) is 1.81. The van der Waals surface area contributed by atoms with Crippen LogP contribution in [-0.2, 0) is 0 Å². The van der Waals surface area contributed by atoms with Crippen LogP contribution in [0.5, 0.6) is 0 Å². The first-order valence-corrected chi connectivity index (χ1v) is 4.61. The Morgan fingerprint density at radius 1 is 1.47 bits per heavy atom. The summed E-state index contributed by atoms with van der Waals surface area (Å²) in [5.74, 6) is -0.236. The van der Waals surface area contributed by atoms with Gasteiger partial charge in [-0.25, -0.2) is 4.79 Å². The average molecular weight is 210 g/mol. The van der Waals surface area contributed by atoms with Gasteiger partial charge in [0.1, 0.15) is 6.26 Å². The van der Waals surface area contributed by atoms with Crippen molar-refractivity contribution in [1.82, 2.24) is 10.2 Å². The zero-order chi connectivity index (χ0) is 11.3. The van der Waals surface area contributed by atoms with Gasteiger partial charge in [-0.15, -0.1) is 0 Å². The van der Waals surface area contributed by atoms with Gasteiger partial charge in [0.05, 0.1) is 5.56 Å². The Kier molecular flexibility index (Phi) is 4.05. The molecule has 0 spiro atoms. The van der Waals surface area contributed by atoms with Gasteiger partial charge in [-0.3, -0.25) is 4.79 Å². The highest BCUT2D eigenvalue weighted by molar-refractivity contribution is 5.93. The standard InChI is InChI=1S/C10H14N2O3/c1-12(2)6-5-11-10(14)8-3-4-9(13)15-7-8/h3-4,7H,5-6H2,1-2H3,(H,11,14). The van der Waals surface area contributed by atoms with Crippen LogP contribution in [0.4, 0.5) is 0 Å². The first kappa shape index (κ1) is 11.5. The molecule has 15 heavy (non-hydrogen) atoms. The van der Waals surface area contributed by atoms with Gasteiger partial charge >= 0.3 is 5.63 Å². The van der Waals surface area contributed by atoms with Crippen LogP contribution in [0.2, 0.25) is 0 Å². The fourth-order valence-corrected chi connectivity index (χ4v) is 0.982. The molecule has 0 aromatic carbocycles. The minimum Gasteiger partial charge on any atom is -0.430 e. The first-order chi connectivity index (χ1) is 7.09. The summed E-state index contributed by atoms with van der Waals surface area (Å²) in [6.07, 6.45) is 1.16. The zero-order valence-corrected chi connectivity index (χ0v) is 8.82. The van der Waals surface area contributed by atoms with Crippen molar-refractivity contribution in [3.8, 4) is 0 Å². The third-order valence-corrected chi connectivity index (χ3v) is 1.81. The number of carbonyl (C=O) groups excluding carboxylic acids is 1. The van der Waals surface area contributed by atoms with Crippen molar-refractivity contribution in [3.63, 3.8) is 0 Å². The molecule has 0 aliphatic carbocycles. The van der Waals surface area contributed by atoms with E-state index in [0.717, 1.165) is 12.8 Å². The normalized spacial score (nSPS) is 10.3. The van der Waals surface area contributed by atoms with Gasteiger partial charge in [0, 0.05) is 19.2 Å². The van der Waals surface area contributed by atoms with E-state index in [1.165, 1.54) is 12.1 Å². The summed E-state index contributed by atoms with van der Waals surface area (Å²) >= 11 is 0. The molecule has 0 radical (unpaired) electrons. The Morgan fingerprint density at radius 3 is 2.73 bits per heavy atom. The van der Waals surface area contributed by atoms with E-state index < -0.39 is 5.63 Å². The predicted octanol–water partition coefficient (Wildman–Crippen LogP) is -0.0688. The van der Waals surface area contributed by atoms with E-state index in [-0.39, 0.29) is 5.91 Å². The van der Waals surface area contributed by atoms with Gasteiger partial charge in [-0.2, -0.15) is 0 Å². The lowest BCUT2D eigenvalue weighted by Crippen LogP contribution is -2.31. The molecule has 1 aromatic rings. The number of rotatable bonds is 4. The lowest BCUT2D eigenvalue weighted by molar-refractivity contribution is 0.0948. The maximum absolute atomic E-state index is 11.4. The molecule has 82 valence electrons. The molecule has 1 N–H and O–H groups in total. The number of nitrogens with one attached hydrogen (secondary N) is 1. The summed E-state index contributed by atoms with van der Waals surface area (Å²) in [7, 11) is 3.85. The smallest absolute Gasteiger partial charge is 0.335 e. The van der Waals surface area contributed by atoms with Crippen molar-refractivity contribution in [1.29, 1.82) is 0 Å². The van der Waals surface area contributed by atoms with Crippen molar-refractivity contribution < 1.29 is 9.21 Å². The topological polar surface area (TPSA) is 62.6 Å². The molecule has 1 amide bonds. The first-order valence-electron chi connectivity index (χ1n) is 4.61. The molecule has 5 nitrogen and oxygen atoms in total. The van der Waals surface area contributed by atoms with Gasteiger partial charge in [-0.05, 0) is 20.2 Å². The summed E-state index contributed by atoms with van der Waals surface area (Å²) in [5.41, 5.74) is -0.104. The summed E-state index contributed by atoms with van der Waals surface area (Å²) in [4.78, 5) is 24.1. The van der Waals surface area contributed by atoms with Gasteiger partial charge < -0.3 is 14.6 Å². The highest BCUT2D eigenvalue weighted by Gasteiger charge is 2.05. The molecular formula is C10H14N2O3. The Hall–Kier alpha value is -1.62. The van der Waals surface area contributed by atoms with E-state index >= 15 is 0 Å². The van der Waals surface area contributed by atoms with Crippen molar-refractivity contribution in [2.75, 3.05) is 27.2 Å². The maximum Gasteiger partial charge on any atom is 0.335 e. The number of carbonyl (C=O) groups is 1. The molecule has 0 aliphatic rings. The van der Waals surface area contributed by atoms with Gasteiger partial charge in [0.2, 0.25) is 0 Å². The quantitative estimate of drug-likeness (QED) is 0.755. The van der Waals surface area contributed by atoms with E-state index in [2.05, 4.69) is 9.73 Å². The molecule has 1 aromatic heterocycles. The fourth-order valence-electron chi connectivity index (χ4n) is 0.982. The van der Waals surface area contributed by atoms with Crippen LogP contribution in [0.1, 0.15) is 10.4 Å². The van der Waals surface area contributed by atoms with Gasteiger partial charge in [0.25, 0.3) is 5.91 Å². The third kappa shape index (κ3) is 3.95. The fraction of sp³-hybridized carbons (Fsp3) is 0.400. The van der Waals surface area contributed by atoms with E-state index in [1.54, 1.807) is 0 Å². The lowest BCUT2D eigenvalue weighted by atomic mass is 10.3. The summed E-state index contributed by atoms with van der Waals surface area (Å²) < 4.78 is 4.58. The number of hydrogen-bond donors (Lipinski definition) is 1. The monoisotopic (exact) mass is 210 g/mol. The molecule has 5 heteroatoms. The molecule has 1 heterocycles. The molecule has 0 atom stereocenters. The average Bonchev–Trinajstić information content (AvgIpc) is 2.18. The van der Waals surface area contributed by atoms with Crippen LogP contribution < -0.4 is 10.9 Å². The Balaban J connectivity index is 2.47. The molecule has 0 aliphatic heterocycles. The second-order valence-electron chi connectivity index (χ2n) is 3.40. The van der Waals surface area contributed by atoms with Crippen LogP contribution in [0.25, 0.3) is 0 Å². The van der Waals surface area contributed by atoms with Crippen molar-refractivity contribution in [2.45, 2.75) is 0 Å². The largest absolute Gasteiger partial charge is 0.430 e. The van der Waals surface area contributed by atoms with Gasteiger partial charge in [-0.1, -0.05) is 0 Å². The molecule has 0 fully saturated rings. The summed E-state index contributed by atoms with van der Waals surface area (Å²) in [5, 5.41) is 2.71. The number of nitrogens with zero attached hydrogens (tertiary/aromatic N) is 1. The summed E-state index contributed by atoms with van der Waals surface area (Å²) in [6.45, 7) is 1.33. The highest BCUT2D eigenvalue weighted by atomic mass is 16.4. The summed E-state index contributed by atoms with van der Waals surface area (Å²) in [6, 6.07) is 2.66. The van der Waals surface area contributed by atoms with Crippen molar-refractivity contribution >= 4 is 5.91 Å². The SMILES string of the molecule is CN(C)CCNC(=O)c1ccc(=O)oc1. The molecule has 0 saturated heterocycles. The van der Waals surface area contributed by atoms with E-state index in [0.29, 0.717) is 12.1 Å². The van der Waals surface area contributed by atoms with Crippen molar-refractivity contribution in [3.05, 3.63) is 34.4 Å². The van der Waals surface area contributed by atoms with E-state index in [4.69, 9.17) is 0 Å². The number of amides is 1. The van der Waals surface area contributed by atoms with Crippen LogP contribution in [0.3, 0.4) is 0 Å². The van der Waals surface area contributed by atoms with E-state index in [9.17, 15) is 9.59 Å². The van der Waals surface area contributed by atoms with E-state index in [1.807, 2.05) is 19.0 Å². The van der Waals surface area contributed by atoms with Crippen LogP contribution >= 0.6 is 0 Å². The number of likely N-dealkylation sites (N-methyl/N-ethyl adjacent to an activating group) is 1. The molecule has 1 rings (SSSR count). The lowest BCUT2D eigenvalue weighted by Gasteiger charge is -2.09. The van der Waals surface area contributed by atoms with Crippen LogP contribution in [0.15, 0.2) is 27.6 Å². The highest BCUT2D eigenvalue weighted by Crippen LogP contribution is 1.94. The minimum absolute atomic E-state index is 0.236. The maximum atomic E-state index is 11.4.